The van der Waals surface area contributed by atoms with Crippen molar-refractivity contribution in [2.24, 2.45) is 0 Å². The van der Waals surface area contributed by atoms with Gasteiger partial charge in [-0.05, 0) is 44.9 Å². The van der Waals surface area contributed by atoms with Gasteiger partial charge in [-0.1, -0.05) is 62.8 Å². The highest BCUT2D eigenvalue weighted by molar-refractivity contribution is 5.32. The van der Waals surface area contributed by atoms with Gasteiger partial charge in [-0.3, -0.25) is 0 Å². The van der Waals surface area contributed by atoms with Crippen molar-refractivity contribution in [2.75, 3.05) is 6.54 Å². The fourth-order valence-electron chi connectivity index (χ4n) is 2.56. The number of rotatable bonds is 9. The summed E-state index contributed by atoms with van der Waals surface area (Å²) >= 11 is 0. The summed E-state index contributed by atoms with van der Waals surface area (Å²) in [6.07, 6.45) is 8.20. The van der Waals surface area contributed by atoms with Crippen molar-refractivity contribution in [2.45, 2.75) is 72.3 Å². The smallest absolute Gasteiger partial charge is 0.0294 e. The molecule has 0 bridgehead atoms. The van der Waals surface area contributed by atoms with Crippen molar-refractivity contribution < 1.29 is 0 Å². The molecule has 1 aromatic carbocycles. The third-order valence-corrected chi connectivity index (χ3v) is 3.88. The molecule has 0 saturated heterocycles. The standard InChI is InChI=1S/C18H31N/c1-5-6-7-8-9-10-13-19-17(4)18-14-15(2)11-12-16(18)3/h11-12,14,17,19H,5-10,13H2,1-4H3. The van der Waals surface area contributed by atoms with Gasteiger partial charge in [0.05, 0.1) is 0 Å². The van der Waals surface area contributed by atoms with E-state index in [-0.39, 0.29) is 0 Å². The van der Waals surface area contributed by atoms with Crippen LogP contribution in [0.2, 0.25) is 0 Å². The van der Waals surface area contributed by atoms with E-state index in [0.717, 1.165) is 6.54 Å². The fraction of sp³-hybridized carbons (Fsp3) is 0.667. The van der Waals surface area contributed by atoms with Crippen LogP contribution in [0.5, 0.6) is 0 Å². The van der Waals surface area contributed by atoms with Crippen LogP contribution >= 0.6 is 0 Å². The number of nitrogens with one attached hydrogen (secondary N) is 1. The first-order valence-corrected chi connectivity index (χ1v) is 7.95. The third kappa shape index (κ3) is 6.24. The highest BCUT2D eigenvalue weighted by Gasteiger charge is 2.07. The molecule has 1 rings (SSSR count). The first-order valence-electron chi connectivity index (χ1n) is 7.95. The molecule has 108 valence electrons. The predicted molar refractivity (Wildman–Crippen MR) is 85.7 cm³/mol. The normalized spacial score (nSPS) is 12.6. The van der Waals surface area contributed by atoms with Crippen molar-refractivity contribution in [3.8, 4) is 0 Å². The Hall–Kier alpha value is -0.820. The van der Waals surface area contributed by atoms with Gasteiger partial charge in [-0.25, -0.2) is 0 Å². The van der Waals surface area contributed by atoms with E-state index in [0.29, 0.717) is 6.04 Å². The molecule has 0 fully saturated rings. The molecule has 0 heterocycles. The van der Waals surface area contributed by atoms with E-state index < -0.39 is 0 Å². The minimum atomic E-state index is 0.468. The lowest BCUT2D eigenvalue weighted by Gasteiger charge is -2.17. The van der Waals surface area contributed by atoms with Crippen LogP contribution in [0.3, 0.4) is 0 Å². The largest absolute Gasteiger partial charge is 0.310 e. The molecular formula is C18H31N. The van der Waals surface area contributed by atoms with E-state index in [1.54, 1.807) is 0 Å². The molecule has 1 unspecified atom stereocenters. The van der Waals surface area contributed by atoms with E-state index in [1.807, 2.05) is 0 Å². The minimum absolute atomic E-state index is 0.468. The molecule has 0 saturated carbocycles. The molecule has 0 aliphatic carbocycles. The van der Waals surface area contributed by atoms with Crippen molar-refractivity contribution in [1.29, 1.82) is 0 Å². The molecular weight excluding hydrogens is 230 g/mol. The van der Waals surface area contributed by atoms with Gasteiger partial charge in [0, 0.05) is 6.04 Å². The van der Waals surface area contributed by atoms with Gasteiger partial charge in [-0.15, -0.1) is 0 Å². The summed E-state index contributed by atoms with van der Waals surface area (Å²) in [4.78, 5) is 0. The number of benzene rings is 1. The van der Waals surface area contributed by atoms with Crippen molar-refractivity contribution in [3.63, 3.8) is 0 Å². The first-order chi connectivity index (χ1) is 9.15. The van der Waals surface area contributed by atoms with Gasteiger partial charge in [0.2, 0.25) is 0 Å². The second-order valence-corrected chi connectivity index (χ2v) is 5.80. The highest BCUT2D eigenvalue weighted by Crippen LogP contribution is 2.18. The van der Waals surface area contributed by atoms with Gasteiger partial charge >= 0.3 is 0 Å². The lowest BCUT2D eigenvalue weighted by atomic mass is 10.00. The van der Waals surface area contributed by atoms with E-state index in [2.05, 4.69) is 51.2 Å². The molecule has 19 heavy (non-hydrogen) atoms. The summed E-state index contributed by atoms with van der Waals surface area (Å²) in [5, 5.41) is 3.66. The Balaban J connectivity index is 2.23. The molecule has 0 aliphatic rings. The minimum Gasteiger partial charge on any atom is -0.310 e. The Kier molecular flexibility index (Phi) is 7.81. The maximum Gasteiger partial charge on any atom is 0.0294 e. The Morgan fingerprint density at radius 2 is 1.68 bits per heavy atom. The predicted octanol–water partition coefficient (Wildman–Crippen LogP) is 5.31. The van der Waals surface area contributed by atoms with E-state index in [9.17, 15) is 0 Å². The van der Waals surface area contributed by atoms with Crippen molar-refractivity contribution in [3.05, 3.63) is 34.9 Å². The maximum absolute atomic E-state index is 3.66. The van der Waals surface area contributed by atoms with Gasteiger partial charge < -0.3 is 5.32 Å². The van der Waals surface area contributed by atoms with Crippen LogP contribution in [0.25, 0.3) is 0 Å². The van der Waals surface area contributed by atoms with E-state index >= 15 is 0 Å². The van der Waals surface area contributed by atoms with Crippen LogP contribution in [-0.2, 0) is 0 Å². The molecule has 0 aromatic heterocycles. The second-order valence-electron chi connectivity index (χ2n) is 5.80. The van der Waals surface area contributed by atoms with Gasteiger partial charge in [0.1, 0.15) is 0 Å². The SMILES string of the molecule is CCCCCCCCNC(C)c1cc(C)ccc1C. The Morgan fingerprint density at radius 1 is 1.00 bits per heavy atom. The van der Waals surface area contributed by atoms with Crippen LogP contribution in [0.1, 0.15) is 75.1 Å². The molecule has 1 N–H and O–H groups in total. The van der Waals surface area contributed by atoms with E-state index in [1.165, 1.54) is 55.2 Å². The summed E-state index contributed by atoms with van der Waals surface area (Å²) in [6, 6.07) is 7.21. The summed E-state index contributed by atoms with van der Waals surface area (Å²) in [7, 11) is 0. The quantitative estimate of drug-likeness (QED) is 0.594. The van der Waals surface area contributed by atoms with Crippen molar-refractivity contribution in [1.82, 2.24) is 5.32 Å². The second kappa shape index (κ2) is 9.14. The van der Waals surface area contributed by atoms with Crippen LogP contribution in [-0.4, -0.2) is 6.54 Å². The molecule has 0 amide bonds. The average Bonchev–Trinajstić information content (AvgIpc) is 2.40. The topological polar surface area (TPSA) is 12.0 Å². The van der Waals surface area contributed by atoms with Gasteiger partial charge in [-0.2, -0.15) is 0 Å². The summed E-state index contributed by atoms with van der Waals surface area (Å²) in [6.45, 7) is 10.1. The van der Waals surface area contributed by atoms with Gasteiger partial charge in [0.15, 0.2) is 0 Å². The molecule has 1 nitrogen and oxygen atoms in total. The van der Waals surface area contributed by atoms with Crippen LogP contribution in [0.15, 0.2) is 18.2 Å². The van der Waals surface area contributed by atoms with Gasteiger partial charge in [0.25, 0.3) is 0 Å². The lowest BCUT2D eigenvalue weighted by Crippen LogP contribution is -2.20. The van der Waals surface area contributed by atoms with Crippen LogP contribution < -0.4 is 5.32 Å². The Bertz CT molecular complexity index is 357. The first kappa shape index (κ1) is 16.2. The molecule has 1 atom stereocenters. The van der Waals surface area contributed by atoms with Crippen LogP contribution in [0, 0.1) is 13.8 Å². The molecule has 0 aliphatic heterocycles. The average molecular weight is 261 g/mol. The van der Waals surface area contributed by atoms with E-state index in [4.69, 9.17) is 0 Å². The Morgan fingerprint density at radius 3 is 2.42 bits per heavy atom. The highest BCUT2D eigenvalue weighted by atomic mass is 14.9. The monoisotopic (exact) mass is 261 g/mol. The fourth-order valence-corrected chi connectivity index (χ4v) is 2.56. The zero-order chi connectivity index (χ0) is 14.1. The number of hydrogen-bond acceptors (Lipinski definition) is 1. The summed E-state index contributed by atoms with van der Waals surface area (Å²) in [5.74, 6) is 0. The van der Waals surface area contributed by atoms with Crippen molar-refractivity contribution >= 4 is 0 Å². The zero-order valence-corrected chi connectivity index (χ0v) is 13.3. The molecule has 0 spiro atoms. The Labute approximate surface area is 119 Å². The third-order valence-electron chi connectivity index (χ3n) is 3.88. The molecule has 1 heteroatoms. The summed E-state index contributed by atoms with van der Waals surface area (Å²) < 4.78 is 0. The summed E-state index contributed by atoms with van der Waals surface area (Å²) in [5.41, 5.74) is 4.20. The van der Waals surface area contributed by atoms with Crippen LogP contribution in [0.4, 0.5) is 0 Å². The number of aryl methyl sites for hydroxylation is 2. The number of unbranched alkanes of at least 4 members (excludes halogenated alkanes) is 5. The lowest BCUT2D eigenvalue weighted by molar-refractivity contribution is 0.526. The zero-order valence-electron chi connectivity index (χ0n) is 13.3. The molecule has 1 aromatic rings. The number of hydrogen-bond donors (Lipinski definition) is 1. The molecule has 0 radical (unpaired) electrons. The maximum atomic E-state index is 3.66.